The van der Waals surface area contributed by atoms with E-state index in [1.165, 1.54) is 0 Å². The van der Waals surface area contributed by atoms with E-state index in [0.717, 1.165) is 25.7 Å². The highest BCUT2D eigenvalue weighted by atomic mass is 16.5. The minimum atomic E-state index is -0.283. The van der Waals surface area contributed by atoms with E-state index in [2.05, 4.69) is 24.5 Å². The number of unbranched alkanes of at least 4 members (excludes halogenated alkanes) is 2. The van der Waals surface area contributed by atoms with Crippen molar-refractivity contribution < 1.29 is 28.5 Å². The van der Waals surface area contributed by atoms with Gasteiger partial charge in [0.2, 0.25) is 0 Å². The Balaban J connectivity index is 1.06. The highest BCUT2D eigenvalue weighted by Gasteiger charge is 2.23. The van der Waals surface area contributed by atoms with Crippen LogP contribution in [-0.2, 0) is 18.9 Å². The lowest BCUT2D eigenvalue weighted by molar-refractivity contribution is 0.0472. The molecular weight excluding hydrogens is 741 g/mol. The molecule has 8 aromatic rings. The summed E-state index contributed by atoms with van der Waals surface area (Å²) >= 11 is 0. The lowest BCUT2D eigenvalue weighted by Gasteiger charge is -2.12. The second kappa shape index (κ2) is 17.4. The number of nitrogens with zero attached hydrogens (tertiary/aromatic N) is 4. The number of carbonyl (C=O) groups is 2. The Morgan fingerprint density at radius 3 is 1.34 bits per heavy atom. The van der Waals surface area contributed by atoms with Gasteiger partial charge < -0.3 is 29.6 Å². The highest BCUT2D eigenvalue weighted by molar-refractivity contribution is 6.28. The summed E-state index contributed by atoms with van der Waals surface area (Å²) < 4.78 is 25.3. The van der Waals surface area contributed by atoms with Gasteiger partial charge in [-0.05, 0) is 73.5 Å². The highest BCUT2D eigenvalue weighted by Crippen LogP contribution is 2.36. The molecule has 14 heteroatoms. The van der Waals surface area contributed by atoms with Crippen molar-refractivity contribution in [2.24, 2.45) is 0 Å². The Bertz CT molecular complexity index is 2690. The van der Waals surface area contributed by atoms with E-state index in [0.29, 0.717) is 143 Å². The zero-order valence-corrected chi connectivity index (χ0v) is 32.7. The predicted molar refractivity (Wildman–Crippen MR) is 224 cm³/mol. The zero-order chi connectivity index (χ0) is 40.2. The summed E-state index contributed by atoms with van der Waals surface area (Å²) in [6.07, 6.45) is 4.20. The normalized spacial score (nSPS) is 12.1. The summed E-state index contributed by atoms with van der Waals surface area (Å²) in [5.41, 5.74) is 3.23. The molecule has 0 radical (unpaired) electrons. The molecule has 4 heterocycles. The van der Waals surface area contributed by atoms with Gasteiger partial charge in [-0.15, -0.1) is 0 Å². The van der Waals surface area contributed by atoms with Crippen molar-refractivity contribution in [1.82, 2.24) is 29.4 Å². The number of rotatable bonds is 20. The van der Waals surface area contributed by atoms with E-state index >= 15 is 0 Å². The van der Waals surface area contributed by atoms with E-state index in [1.54, 1.807) is 57.3 Å². The molecule has 8 rings (SSSR count). The van der Waals surface area contributed by atoms with Crippen LogP contribution in [0.1, 0.15) is 60.2 Å². The molecule has 0 aliphatic rings. The van der Waals surface area contributed by atoms with E-state index in [9.17, 15) is 19.2 Å². The Hall–Kier alpha value is -5.80. The lowest BCUT2D eigenvalue weighted by Crippen LogP contribution is -2.27. The third kappa shape index (κ3) is 7.39. The number of carbonyl (C=O) groups excluding carboxylic acids is 2. The average molecular weight is 787 g/mol. The fourth-order valence-corrected chi connectivity index (χ4v) is 7.50. The molecule has 0 aliphatic heterocycles. The van der Waals surface area contributed by atoms with Crippen molar-refractivity contribution in [3.8, 4) is 0 Å². The Kier molecular flexibility index (Phi) is 11.7. The number of hydrogen-bond donors (Lipinski definition) is 2. The summed E-state index contributed by atoms with van der Waals surface area (Å²) in [5, 5.41) is 9.25. The van der Waals surface area contributed by atoms with Crippen LogP contribution in [0.2, 0.25) is 0 Å². The maximum Gasteiger partial charge on any atom is 0.264 e. The van der Waals surface area contributed by atoms with Gasteiger partial charge in [0.15, 0.2) is 0 Å². The molecule has 0 spiro atoms. The van der Waals surface area contributed by atoms with Gasteiger partial charge in [-0.3, -0.25) is 28.0 Å². The molecule has 0 fully saturated rings. The van der Waals surface area contributed by atoms with Crippen LogP contribution in [0.4, 0.5) is 0 Å². The monoisotopic (exact) mass is 786 g/mol. The number of nitrogens with one attached hydrogen (secondary N) is 2. The van der Waals surface area contributed by atoms with E-state index < -0.39 is 0 Å². The maximum absolute atomic E-state index is 14.2. The smallest absolute Gasteiger partial charge is 0.264 e. The lowest BCUT2D eigenvalue weighted by atomic mass is 9.96. The van der Waals surface area contributed by atoms with Crippen molar-refractivity contribution in [2.75, 3.05) is 65.9 Å². The zero-order valence-electron chi connectivity index (χ0n) is 32.7. The first kappa shape index (κ1) is 39.0. The van der Waals surface area contributed by atoms with Gasteiger partial charge in [0.25, 0.3) is 22.9 Å². The van der Waals surface area contributed by atoms with Crippen LogP contribution in [-0.4, -0.2) is 96.5 Å². The van der Waals surface area contributed by atoms with Gasteiger partial charge in [0, 0.05) is 69.7 Å². The fourth-order valence-electron chi connectivity index (χ4n) is 7.50. The van der Waals surface area contributed by atoms with Crippen molar-refractivity contribution in [1.29, 1.82) is 0 Å². The molecule has 0 bridgehead atoms. The quantitative estimate of drug-likeness (QED) is 0.0748. The molecule has 4 aromatic heterocycles. The van der Waals surface area contributed by atoms with Crippen LogP contribution >= 0.6 is 0 Å². The number of fused-ring (bicyclic) bond motifs is 8. The standard InChI is InChI=1S/C44H46N6O8/c1-3-5-17-55-21-23-57-19-15-45-41(51)27-7-13-35-33(25-27)47-39-29-9-11-32-38-30(10-12-31(37(29)38)43(53)49(35)39)40-48-34-26-28(8-14-36(34)50(40)44(32)54)42(52)46-16-20-58-24-22-56-18-6-4-2/h7-14,25-26H,3-6,15-24H2,1-2H3,(H,45,51)(H,46,52). The first-order chi connectivity index (χ1) is 28.4. The first-order valence-corrected chi connectivity index (χ1v) is 20.0. The first-order valence-electron chi connectivity index (χ1n) is 20.0. The third-order valence-corrected chi connectivity index (χ3v) is 10.4. The minimum absolute atomic E-state index is 0.276. The van der Waals surface area contributed by atoms with Gasteiger partial charge in [-0.25, -0.2) is 9.97 Å². The molecule has 0 unspecified atom stereocenters. The second-order valence-corrected chi connectivity index (χ2v) is 14.3. The number of pyridine rings is 2. The van der Waals surface area contributed by atoms with Gasteiger partial charge >= 0.3 is 0 Å². The number of ether oxygens (including phenoxy) is 4. The van der Waals surface area contributed by atoms with Crippen molar-refractivity contribution in [3.63, 3.8) is 0 Å². The van der Waals surface area contributed by atoms with Crippen molar-refractivity contribution >= 4 is 77.5 Å². The minimum Gasteiger partial charge on any atom is -0.379 e. The third-order valence-electron chi connectivity index (χ3n) is 10.4. The summed E-state index contributed by atoms with van der Waals surface area (Å²) in [6, 6.07) is 17.4. The number of amides is 2. The molecule has 0 saturated heterocycles. The largest absolute Gasteiger partial charge is 0.379 e. The predicted octanol–water partition coefficient (Wildman–Crippen LogP) is 5.47. The molecule has 0 aliphatic carbocycles. The maximum atomic E-state index is 14.2. The van der Waals surface area contributed by atoms with E-state index in [-0.39, 0.29) is 22.9 Å². The number of benzene rings is 4. The second-order valence-electron chi connectivity index (χ2n) is 14.3. The molecule has 0 atom stereocenters. The Labute approximate surface area is 332 Å². The van der Waals surface area contributed by atoms with Crippen LogP contribution in [0.15, 0.2) is 70.3 Å². The van der Waals surface area contributed by atoms with Gasteiger partial charge in [-0.2, -0.15) is 0 Å². The van der Waals surface area contributed by atoms with E-state index in [1.807, 2.05) is 12.1 Å². The van der Waals surface area contributed by atoms with E-state index in [4.69, 9.17) is 28.9 Å². The average Bonchev–Trinajstić information content (AvgIpc) is 3.82. The van der Waals surface area contributed by atoms with Crippen molar-refractivity contribution in [2.45, 2.75) is 39.5 Å². The molecule has 300 valence electrons. The van der Waals surface area contributed by atoms with Crippen LogP contribution in [0.5, 0.6) is 0 Å². The van der Waals surface area contributed by atoms with Gasteiger partial charge in [-0.1, -0.05) is 26.7 Å². The number of hydrogen-bond acceptors (Lipinski definition) is 10. The molecule has 14 nitrogen and oxygen atoms in total. The molecular formula is C44H46N6O8. The van der Waals surface area contributed by atoms with Gasteiger partial charge in [0.05, 0.1) is 61.7 Å². The Morgan fingerprint density at radius 1 is 0.534 bits per heavy atom. The number of aromatic nitrogens is 4. The Morgan fingerprint density at radius 2 is 0.931 bits per heavy atom. The summed E-state index contributed by atoms with van der Waals surface area (Å²) in [5.74, 6) is -0.551. The van der Waals surface area contributed by atoms with Crippen LogP contribution in [0.25, 0.3) is 65.7 Å². The van der Waals surface area contributed by atoms with Crippen LogP contribution in [0, 0.1) is 0 Å². The van der Waals surface area contributed by atoms with Crippen molar-refractivity contribution in [3.05, 3.63) is 92.5 Å². The topological polar surface area (TPSA) is 164 Å². The van der Waals surface area contributed by atoms with Crippen LogP contribution in [0.3, 0.4) is 0 Å². The van der Waals surface area contributed by atoms with Crippen LogP contribution < -0.4 is 21.8 Å². The molecule has 2 N–H and O–H groups in total. The molecule has 2 amide bonds. The van der Waals surface area contributed by atoms with Gasteiger partial charge in [0.1, 0.15) is 11.3 Å². The summed E-state index contributed by atoms with van der Waals surface area (Å²) in [6.45, 7) is 8.99. The summed E-state index contributed by atoms with van der Waals surface area (Å²) in [7, 11) is 0. The fraction of sp³-hybridized carbons (Fsp3) is 0.364. The SMILES string of the molecule is CCCCOCCOCCNC(=O)c1ccc2c(c1)nc1c3ccc4c(=O)n5c6ccc(C(=O)NCCOCCOCCCC)cc6nc5c5ccc(c(=O)n21)c3c45. The number of imidazole rings is 2. The molecule has 58 heavy (non-hydrogen) atoms. The molecule has 0 saturated carbocycles. The molecule has 4 aromatic carbocycles. The summed E-state index contributed by atoms with van der Waals surface area (Å²) in [4.78, 5) is 64.3.